The van der Waals surface area contributed by atoms with Gasteiger partial charge < -0.3 is 9.72 Å². The van der Waals surface area contributed by atoms with E-state index in [1.165, 1.54) is 24.3 Å². The second-order valence-corrected chi connectivity index (χ2v) is 5.82. The van der Waals surface area contributed by atoms with Gasteiger partial charge in [0.25, 0.3) is 5.56 Å². The van der Waals surface area contributed by atoms with E-state index in [0.29, 0.717) is 22.3 Å². The molecule has 0 amide bonds. The predicted molar refractivity (Wildman–Crippen MR) is 99.2 cm³/mol. The molecule has 132 valence electrons. The molecule has 0 aliphatic rings. The number of fused-ring (bicyclic) bond motifs is 1. The van der Waals surface area contributed by atoms with E-state index >= 15 is 0 Å². The number of halogens is 1. The zero-order valence-electron chi connectivity index (χ0n) is 14.0. The van der Waals surface area contributed by atoms with Gasteiger partial charge in [0.2, 0.25) is 0 Å². The molecule has 4 rings (SSSR count). The van der Waals surface area contributed by atoms with Crippen molar-refractivity contribution in [1.82, 2.24) is 9.97 Å². The summed E-state index contributed by atoms with van der Waals surface area (Å²) in [5, 5.41) is 0.474. The molecule has 0 bridgehead atoms. The van der Waals surface area contributed by atoms with Crippen molar-refractivity contribution in [2.75, 3.05) is 0 Å². The summed E-state index contributed by atoms with van der Waals surface area (Å²) < 4.78 is 18.5. The summed E-state index contributed by atoms with van der Waals surface area (Å²) in [6.07, 6.45) is 0. The molecule has 0 fully saturated rings. The monoisotopic (exact) mass is 360 g/mol. The van der Waals surface area contributed by atoms with Crippen molar-refractivity contribution in [3.63, 3.8) is 0 Å². The molecule has 1 heterocycles. The maximum Gasteiger partial charge on any atom is 0.343 e. The molecule has 27 heavy (non-hydrogen) atoms. The first-order valence-electron chi connectivity index (χ1n) is 8.18. The Hall–Kier alpha value is -3.80. The average molecular weight is 360 g/mol. The molecule has 1 aromatic heterocycles. The van der Waals surface area contributed by atoms with Crippen molar-refractivity contribution < 1.29 is 13.9 Å². The number of aromatic amines is 1. The van der Waals surface area contributed by atoms with Crippen molar-refractivity contribution in [2.45, 2.75) is 0 Å². The number of carbonyl (C=O) groups is 1. The first-order valence-corrected chi connectivity index (χ1v) is 8.18. The zero-order valence-corrected chi connectivity index (χ0v) is 14.0. The van der Waals surface area contributed by atoms with Crippen LogP contribution in [-0.2, 0) is 0 Å². The maximum absolute atomic E-state index is 13.0. The topological polar surface area (TPSA) is 72.0 Å². The number of para-hydroxylation sites is 2. The Balaban J connectivity index is 1.74. The summed E-state index contributed by atoms with van der Waals surface area (Å²) >= 11 is 0. The van der Waals surface area contributed by atoms with Gasteiger partial charge >= 0.3 is 5.97 Å². The highest BCUT2D eigenvalue weighted by Crippen LogP contribution is 2.28. The molecule has 6 heteroatoms. The first kappa shape index (κ1) is 16.7. The Labute approximate surface area is 153 Å². The van der Waals surface area contributed by atoms with Crippen molar-refractivity contribution in [2.24, 2.45) is 0 Å². The Morgan fingerprint density at radius 2 is 1.63 bits per heavy atom. The van der Waals surface area contributed by atoms with Crippen molar-refractivity contribution in [3.8, 4) is 17.1 Å². The molecular formula is C21H13FN2O3. The molecule has 0 atom stereocenters. The smallest absolute Gasteiger partial charge is 0.343 e. The van der Waals surface area contributed by atoms with Crippen LogP contribution in [0.4, 0.5) is 4.39 Å². The molecule has 5 nitrogen and oxygen atoms in total. The van der Waals surface area contributed by atoms with Crippen LogP contribution in [0.15, 0.2) is 77.6 Å². The number of nitrogens with zero attached hydrogens (tertiary/aromatic N) is 1. The summed E-state index contributed by atoms with van der Waals surface area (Å²) in [6, 6.07) is 18.8. The van der Waals surface area contributed by atoms with Gasteiger partial charge in [-0.25, -0.2) is 14.2 Å². The van der Waals surface area contributed by atoms with Gasteiger partial charge in [-0.15, -0.1) is 0 Å². The van der Waals surface area contributed by atoms with E-state index in [4.69, 9.17) is 4.74 Å². The second-order valence-electron chi connectivity index (χ2n) is 5.82. The average Bonchev–Trinajstić information content (AvgIpc) is 2.69. The lowest BCUT2D eigenvalue weighted by atomic mass is 10.1. The highest BCUT2D eigenvalue weighted by Gasteiger charge is 2.15. The number of H-pyrrole nitrogens is 1. The number of hydrogen-bond donors (Lipinski definition) is 1. The quantitative estimate of drug-likeness (QED) is 0.444. The van der Waals surface area contributed by atoms with Crippen molar-refractivity contribution in [3.05, 3.63) is 94.5 Å². The number of rotatable bonds is 3. The molecule has 4 aromatic rings. The molecule has 1 N–H and O–H groups in total. The number of nitrogens with one attached hydrogen (secondary N) is 1. The summed E-state index contributed by atoms with van der Waals surface area (Å²) in [4.78, 5) is 31.9. The number of esters is 1. The van der Waals surface area contributed by atoms with Crippen LogP contribution in [0.25, 0.3) is 22.3 Å². The van der Waals surface area contributed by atoms with Gasteiger partial charge in [-0.1, -0.05) is 24.3 Å². The van der Waals surface area contributed by atoms with E-state index in [-0.39, 0.29) is 16.9 Å². The highest BCUT2D eigenvalue weighted by molar-refractivity contribution is 5.92. The SMILES string of the molecule is O=C(Oc1ccccc1-c1nc2ccccc2c(=O)[nH]1)c1ccc(F)cc1. The van der Waals surface area contributed by atoms with Gasteiger partial charge in [0, 0.05) is 0 Å². The van der Waals surface area contributed by atoms with E-state index in [1.54, 1.807) is 48.5 Å². The third-order valence-corrected chi connectivity index (χ3v) is 4.04. The van der Waals surface area contributed by atoms with Crippen LogP contribution < -0.4 is 10.3 Å². The minimum Gasteiger partial charge on any atom is -0.422 e. The molecule has 0 spiro atoms. The maximum atomic E-state index is 13.0. The standard InChI is InChI=1S/C21H13FN2O3/c22-14-11-9-13(10-12-14)21(26)27-18-8-4-2-6-16(18)19-23-17-7-3-1-5-15(17)20(25)24-19/h1-12H,(H,23,24,25). The summed E-state index contributed by atoms with van der Waals surface area (Å²) in [5.74, 6) is -0.540. The van der Waals surface area contributed by atoms with Gasteiger partial charge in [0.1, 0.15) is 17.4 Å². The molecule has 0 aliphatic carbocycles. The lowest BCUT2D eigenvalue weighted by molar-refractivity contribution is 0.0735. The fraction of sp³-hybridized carbons (Fsp3) is 0. The molecule has 3 aromatic carbocycles. The number of benzene rings is 3. The number of carbonyl (C=O) groups excluding carboxylic acids is 1. The van der Waals surface area contributed by atoms with Crippen LogP contribution in [0, 0.1) is 5.82 Å². The van der Waals surface area contributed by atoms with Gasteiger partial charge in [-0.3, -0.25) is 4.79 Å². The summed E-state index contributed by atoms with van der Waals surface area (Å²) in [6.45, 7) is 0. The van der Waals surface area contributed by atoms with Crippen LogP contribution in [-0.4, -0.2) is 15.9 Å². The van der Waals surface area contributed by atoms with E-state index in [2.05, 4.69) is 9.97 Å². The van der Waals surface area contributed by atoms with E-state index in [9.17, 15) is 14.0 Å². The van der Waals surface area contributed by atoms with Crippen LogP contribution in [0.1, 0.15) is 10.4 Å². The van der Waals surface area contributed by atoms with Crippen LogP contribution in [0.3, 0.4) is 0 Å². The minimum atomic E-state index is -0.634. The molecule has 0 aliphatic heterocycles. The van der Waals surface area contributed by atoms with Crippen LogP contribution >= 0.6 is 0 Å². The number of hydrogen-bond acceptors (Lipinski definition) is 4. The van der Waals surface area contributed by atoms with Gasteiger partial charge in [-0.05, 0) is 48.5 Å². The predicted octanol–water partition coefficient (Wildman–Crippen LogP) is 3.95. The third kappa shape index (κ3) is 3.32. The molecule has 0 radical (unpaired) electrons. The van der Waals surface area contributed by atoms with Gasteiger partial charge in [0.05, 0.1) is 22.0 Å². The third-order valence-electron chi connectivity index (χ3n) is 4.04. The molecule has 0 saturated heterocycles. The minimum absolute atomic E-state index is 0.214. The Bertz CT molecular complexity index is 1200. The highest BCUT2D eigenvalue weighted by atomic mass is 19.1. The van der Waals surface area contributed by atoms with Gasteiger partial charge in [-0.2, -0.15) is 0 Å². The summed E-state index contributed by atoms with van der Waals surface area (Å²) in [5.41, 5.74) is 0.938. The Morgan fingerprint density at radius 3 is 2.44 bits per heavy atom. The largest absolute Gasteiger partial charge is 0.422 e. The summed E-state index contributed by atoms with van der Waals surface area (Å²) in [7, 11) is 0. The number of aromatic nitrogens is 2. The molecular weight excluding hydrogens is 347 g/mol. The molecule has 0 unspecified atom stereocenters. The lowest BCUT2D eigenvalue weighted by Gasteiger charge is -2.10. The van der Waals surface area contributed by atoms with Crippen LogP contribution in [0.5, 0.6) is 5.75 Å². The van der Waals surface area contributed by atoms with Crippen molar-refractivity contribution >= 4 is 16.9 Å². The Kier molecular flexibility index (Phi) is 4.22. The van der Waals surface area contributed by atoms with Crippen molar-refractivity contribution in [1.29, 1.82) is 0 Å². The van der Waals surface area contributed by atoms with E-state index in [1.807, 2.05) is 0 Å². The molecule has 0 saturated carbocycles. The fourth-order valence-electron chi connectivity index (χ4n) is 2.71. The van der Waals surface area contributed by atoms with Crippen LogP contribution in [0.2, 0.25) is 0 Å². The normalized spacial score (nSPS) is 10.7. The van der Waals surface area contributed by atoms with Gasteiger partial charge in [0.15, 0.2) is 0 Å². The lowest BCUT2D eigenvalue weighted by Crippen LogP contribution is -2.12. The van der Waals surface area contributed by atoms with E-state index < -0.39 is 11.8 Å². The Morgan fingerprint density at radius 1 is 0.926 bits per heavy atom. The second kappa shape index (κ2) is 6.84. The van der Waals surface area contributed by atoms with E-state index in [0.717, 1.165) is 0 Å². The fourth-order valence-corrected chi connectivity index (χ4v) is 2.71. The first-order chi connectivity index (χ1) is 13.1. The number of ether oxygens (including phenoxy) is 1. The zero-order chi connectivity index (χ0) is 18.8.